The molecule has 5 heteroatoms. The fourth-order valence-corrected chi connectivity index (χ4v) is 2.18. The molecule has 1 saturated heterocycles. The Bertz CT molecular complexity index is 425. The quantitative estimate of drug-likeness (QED) is 0.796. The SMILES string of the molecule is Cc1cc(C(=O)N2CCC(N)C(C)(C)C2)no1. The number of nitrogens with zero attached hydrogens (tertiary/aromatic N) is 2. The summed E-state index contributed by atoms with van der Waals surface area (Å²) >= 11 is 0. The zero-order chi connectivity index (χ0) is 12.6. The maximum atomic E-state index is 12.2. The first-order valence-corrected chi connectivity index (χ1v) is 5.88. The number of carbonyl (C=O) groups excluding carboxylic acids is 1. The zero-order valence-electron chi connectivity index (χ0n) is 10.6. The van der Waals surface area contributed by atoms with E-state index in [2.05, 4.69) is 19.0 Å². The minimum atomic E-state index is -0.0678. The van der Waals surface area contributed by atoms with Crippen molar-refractivity contribution in [2.75, 3.05) is 13.1 Å². The second-order valence-electron chi connectivity index (χ2n) is 5.43. The number of nitrogens with two attached hydrogens (primary N) is 1. The van der Waals surface area contributed by atoms with Gasteiger partial charge in [0, 0.05) is 25.2 Å². The Balaban J connectivity index is 2.11. The van der Waals surface area contributed by atoms with E-state index in [0.717, 1.165) is 6.42 Å². The molecule has 0 spiro atoms. The lowest BCUT2D eigenvalue weighted by Gasteiger charge is -2.42. The molecule has 0 bridgehead atoms. The molecule has 2 rings (SSSR count). The van der Waals surface area contributed by atoms with Gasteiger partial charge in [-0.1, -0.05) is 19.0 Å². The van der Waals surface area contributed by atoms with Gasteiger partial charge in [-0.25, -0.2) is 0 Å². The highest BCUT2D eigenvalue weighted by molar-refractivity contribution is 5.92. The second-order valence-corrected chi connectivity index (χ2v) is 5.43. The number of hydrogen-bond donors (Lipinski definition) is 1. The molecule has 1 aromatic rings. The molecular weight excluding hydrogens is 218 g/mol. The number of aromatic nitrogens is 1. The van der Waals surface area contributed by atoms with Crippen molar-refractivity contribution in [1.82, 2.24) is 10.1 Å². The summed E-state index contributed by atoms with van der Waals surface area (Å²) < 4.78 is 4.93. The number of piperidine rings is 1. The number of aryl methyl sites for hydroxylation is 1. The molecule has 1 amide bonds. The van der Waals surface area contributed by atoms with Crippen molar-refractivity contribution in [3.8, 4) is 0 Å². The van der Waals surface area contributed by atoms with Crippen LogP contribution in [0.25, 0.3) is 0 Å². The van der Waals surface area contributed by atoms with Crippen LogP contribution in [0.3, 0.4) is 0 Å². The minimum Gasteiger partial charge on any atom is -0.361 e. The zero-order valence-corrected chi connectivity index (χ0v) is 10.6. The van der Waals surface area contributed by atoms with E-state index in [1.54, 1.807) is 17.9 Å². The van der Waals surface area contributed by atoms with Gasteiger partial charge >= 0.3 is 0 Å². The van der Waals surface area contributed by atoms with Crippen LogP contribution in [0.1, 0.15) is 36.5 Å². The summed E-state index contributed by atoms with van der Waals surface area (Å²) in [6, 6.07) is 1.81. The van der Waals surface area contributed by atoms with Crippen LogP contribution in [-0.2, 0) is 0 Å². The molecule has 1 aliphatic heterocycles. The Kier molecular flexibility index (Phi) is 2.95. The molecule has 0 aromatic carbocycles. The molecule has 5 nitrogen and oxygen atoms in total. The largest absolute Gasteiger partial charge is 0.361 e. The fraction of sp³-hybridized carbons (Fsp3) is 0.667. The molecule has 0 radical (unpaired) electrons. The molecular formula is C12H19N3O2. The van der Waals surface area contributed by atoms with Gasteiger partial charge < -0.3 is 15.2 Å². The second kappa shape index (κ2) is 4.14. The van der Waals surface area contributed by atoms with Gasteiger partial charge in [0.2, 0.25) is 0 Å². The van der Waals surface area contributed by atoms with Gasteiger partial charge in [0.1, 0.15) is 5.76 Å². The highest BCUT2D eigenvalue weighted by Crippen LogP contribution is 2.28. The van der Waals surface area contributed by atoms with Crippen LogP contribution >= 0.6 is 0 Å². The van der Waals surface area contributed by atoms with Crippen molar-refractivity contribution >= 4 is 5.91 Å². The van der Waals surface area contributed by atoms with E-state index < -0.39 is 0 Å². The van der Waals surface area contributed by atoms with Crippen molar-refractivity contribution < 1.29 is 9.32 Å². The molecule has 1 fully saturated rings. The van der Waals surface area contributed by atoms with Crippen molar-refractivity contribution in [2.24, 2.45) is 11.1 Å². The fourth-order valence-electron chi connectivity index (χ4n) is 2.18. The predicted molar refractivity (Wildman–Crippen MR) is 63.5 cm³/mol. The van der Waals surface area contributed by atoms with Crippen LogP contribution in [0.5, 0.6) is 0 Å². The molecule has 2 heterocycles. The topological polar surface area (TPSA) is 72.4 Å². The lowest BCUT2D eigenvalue weighted by molar-refractivity contribution is 0.0523. The maximum Gasteiger partial charge on any atom is 0.276 e. The third-order valence-electron chi connectivity index (χ3n) is 3.45. The van der Waals surface area contributed by atoms with Crippen LogP contribution in [-0.4, -0.2) is 35.1 Å². The van der Waals surface area contributed by atoms with E-state index in [1.165, 1.54) is 0 Å². The van der Waals surface area contributed by atoms with Gasteiger partial charge in [0.25, 0.3) is 5.91 Å². The third-order valence-corrected chi connectivity index (χ3v) is 3.45. The number of carbonyl (C=O) groups is 1. The average molecular weight is 237 g/mol. The first-order valence-electron chi connectivity index (χ1n) is 5.88. The number of hydrogen-bond acceptors (Lipinski definition) is 4. The number of amides is 1. The van der Waals surface area contributed by atoms with Crippen molar-refractivity contribution in [1.29, 1.82) is 0 Å². The first-order chi connectivity index (χ1) is 7.90. The molecule has 1 unspecified atom stereocenters. The Morgan fingerprint density at radius 1 is 1.65 bits per heavy atom. The Morgan fingerprint density at radius 2 is 2.35 bits per heavy atom. The summed E-state index contributed by atoms with van der Waals surface area (Å²) in [5.74, 6) is 0.586. The molecule has 1 atom stereocenters. The highest BCUT2D eigenvalue weighted by Gasteiger charge is 2.36. The lowest BCUT2D eigenvalue weighted by Crippen LogP contribution is -2.54. The van der Waals surface area contributed by atoms with Crippen LogP contribution in [0.15, 0.2) is 10.6 Å². The normalized spacial score (nSPS) is 23.8. The third kappa shape index (κ3) is 2.34. The van der Waals surface area contributed by atoms with E-state index >= 15 is 0 Å². The standard InChI is InChI=1S/C12H19N3O2/c1-8-6-9(14-17-8)11(16)15-5-4-10(13)12(2,3)7-15/h6,10H,4-5,7,13H2,1-3H3. The molecule has 0 aliphatic carbocycles. The van der Waals surface area contributed by atoms with E-state index in [4.69, 9.17) is 10.3 Å². The predicted octanol–water partition coefficient (Wildman–Crippen LogP) is 1.18. The smallest absolute Gasteiger partial charge is 0.276 e. The monoisotopic (exact) mass is 237 g/mol. The lowest BCUT2D eigenvalue weighted by atomic mass is 9.79. The Hall–Kier alpha value is -1.36. The summed E-state index contributed by atoms with van der Waals surface area (Å²) in [4.78, 5) is 14.0. The molecule has 1 aromatic heterocycles. The number of rotatable bonds is 1. The first kappa shape index (κ1) is 12.1. The van der Waals surface area contributed by atoms with E-state index in [1.807, 2.05) is 0 Å². The van der Waals surface area contributed by atoms with Crippen LogP contribution in [0.4, 0.5) is 0 Å². The van der Waals surface area contributed by atoms with E-state index in [9.17, 15) is 4.79 Å². The van der Waals surface area contributed by atoms with Gasteiger partial charge in [0.05, 0.1) is 0 Å². The summed E-state index contributed by atoms with van der Waals surface area (Å²) in [6.45, 7) is 7.31. The van der Waals surface area contributed by atoms with Crippen molar-refractivity contribution in [3.63, 3.8) is 0 Å². The van der Waals surface area contributed by atoms with E-state index in [-0.39, 0.29) is 17.4 Å². The van der Waals surface area contributed by atoms with Crippen LogP contribution < -0.4 is 5.73 Å². The average Bonchev–Trinajstić information content (AvgIpc) is 2.68. The summed E-state index contributed by atoms with van der Waals surface area (Å²) in [5.41, 5.74) is 6.38. The maximum absolute atomic E-state index is 12.2. The molecule has 17 heavy (non-hydrogen) atoms. The molecule has 0 saturated carbocycles. The van der Waals surface area contributed by atoms with Crippen LogP contribution in [0.2, 0.25) is 0 Å². The molecule has 2 N–H and O–H groups in total. The number of likely N-dealkylation sites (tertiary alicyclic amines) is 1. The van der Waals surface area contributed by atoms with Gasteiger partial charge in [0.15, 0.2) is 5.69 Å². The van der Waals surface area contributed by atoms with Gasteiger partial charge in [-0.05, 0) is 18.8 Å². The molecule has 1 aliphatic rings. The van der Waals surface area contributed by atoms with Crippen LogP contribution in [0, 0.1) is 12.3 Å². The summed E-state index contributed by atoms with van der Waals surface area (Å²) in [7, 11) is 0. The summed E-state index contributed by atoms with van der Waals surface area (Å²) in [5, 5.41) is 3.76. The van der Waals surface area contributed by atoms with Gasteiger partial charge in [-0.15, -0.1) is 0 Å². The van der Waals surface area contributed by atoms with Gasteiger partial charge in [-0.3, -0.25) is 4.79 Å². The summed E-state index contributed by atoms with van der Waals surface area (Å²) in [6.07, 6.45) is 0.829. The minimum absolute atomic E-state index is 0.0489. The highest BCUT2D eigenvalue weighted by atomic mass is 16.5. The van der Waals surface area contributed by atoms with Gasteiger partial charge in [-0.2, -0.15) is 0 Å². The Labute approximate surface area is 101 Å². The Morgan fingerprint density at radius 3 is 2.88 bits per heavy atom. The van der Waals surface area contributed by atoms with Crippen molar-refractivity contribution in [3.05, 3.63) is 17.5 Å². The van der Waals surface area contributed by atoms with E-state index in [0.29, 0.717) is 24.5 Å². The molecule has 94 valence electrons. The van der Waals surface area contributed by atoms with Crippen molar-refractivity contribution in [2.45, 2.75) is 33.2 Å².